The second-order valence-electron chi connectivity index (χ2n) is 8.05. The molecule has 30 heavy (non-hydrogen) atoms. The summed E-state index contributed by atoms with van der Waals surface area (Å²) >= 11 is 13.7. The van der Waals surface area contributed by atoms with Crippen molar-refractivity contribution in [2.75, 3.05) is 19.0 Å². The summed E-state index contributed by atoms with van der Waals surface area (Å²) in [4.78, 5) is 26.1. The summed E-state index contributed by atoms with van der Waals surface area (Å²) < 4.78 is 5.67. The Labute approximate surface area is 189 Å². The van der Waals surface area contributed by atoms with Crippen molar-refractivity contribution in [2.24, 2.45) is 23.7 Å². The molecule has 4 rings (SSSR count). The van der Waals surface area contributed by atoms with Crippen molar-refractivity contribution in [2.45, 2.75) is 31.3 Å². The van der Waals surface area contributed by atoms with Gasteiger partial charge in [-0.1, -0.05) is 47.5 Å². The highest BCUT2D eigenvalue weighted by molar-refractivity contribution is 7.17. The number of anilines is 1. The number of carboxylic acid groups (broad SMARTS) is 1. The number of amides is 1. The van der Waals surface area contributed by atoms with Crippen molar-refractivity contribution < 1.29 is 19.4 Å². The summed E-state index contributed by atoms with van der Waals surface area (Å²) in [6.07, 6.45) is 9.82. The Bertz CT molecular complexity index is 900. The molecular weight excluding hydrogens is 447 g/mol. The van der Waals surface area contributed by atoms with Crippen LogP contribution in [0.4, 0.5) is 5.69 Å². The minimum absolute atomic E-state index is 0.0877. The maximum absolute atomic E-state index is 13.1. The zero-order valence-electron chi connectivity index (χ0n) is 16.4. The fourth-order valence-electron chi connectivity index (χ4n) is 5.03. The first-order valence-electron chi connectivity index (χ1n) is 10.0. The summed E-state index contributed by atoms with van der Waals surface area (Å²) in [5.74, 6) is -1.45. The Morgan fingerprint density at radius 1 is 1.37 bits per heavy atom. The monoisotopic (exact) mass is 470 g/mol. The van der Waals surface area contributed by atoms with Crippen molar-refractivity contribution in [1.29, 1.82) is 0 Å². The summed E-state index contributed by atoms with van der Waals surface area (Å²) in [5, 5.41) is 16.7. The number of thiophene rings is 1. The minimum atomic E-state index is -0.845. The van der Waals surface area contributed by atoms with Gasteiger partial charge in [0.1, 0.15) is 10.4 Å². The molecule has 2 aliphatic carbocycles. The molecule has 162 valence electrons. The lowest BCUT2D eigenvalue weighted by Gasteiger charge is -2.31. The van der Waals surface area contributed by atoms with E-state index in [9.17, 15) is 14.7 Å². The summed E-state index contributed by atoms with van der Waals surface area (Å²) in [6.45, 7) is 0.370. The zero-order chi connectivity index (χ0) is 21.4. The number of halogens is 2. The highest BCUT2D eigenvalue weighted by Gasteiger charge is 2.48. The molecule has 6 atom stereocenters. The van der Waals surface area contributed by atoms with Crippen LogP contribution in [0.5, 0.6) is 0 Å². The third-order valence-corrected chi connectivity index (χ3v) is 8.39. The van der Waals surface area contributed by atoms with Crippen LogP contribution in [0, 0.1) is 23.7 Å². The molecule has 1 aromatic rings. The Balaban J connectivity index is 1.51. The molecule has 1 aliphatic heterocycles. The quantitative estimate of drug-likeness (QED) is 0.560. The second kappa shape index (κ2) is 8.91. The molecule has 1 saturated carbocycles. The van der Waals surface area contributed by atoms with Crippen LogP contribution in [-0.2, 0) is 20.7 Å². The molecule has 3 aliphatic rings. The molecule has 1 amide bonds. The first kappa shape index (κ1) is 21.7. The second-order valence-corrected chi connectivity index (χ2v) is 10.1. The van der Waals surface area contributed by atoms with E-state index < -0.39 is 17.9 Å². The lowest BCUT2D eigenvalue weighted by molar-refractivity contribution is -0.145. The molecule has 9 heteroatoms. The van der Waals surface area contributed by atoms with Gasteiger partial charge in [-0.25, -0.2) is 0 Å². The number of fused-ring (bicyclic) bond motifs is 2. The molecule has 0 saturated heterocycles. The van der Waals surface area contributed by atoms with E-state index in [1.165, 1.54) is 11.3 Å². The van der Waals surface area contributed by atoms with Crippen molar-refractivity contribution in [1.82, 2.24) is 5.32 Å². The van der Waals surface area contributed by atoms with Gasteiger partial charge in [0.25, 0.3) is 0 Å². The summed E-state index contributed by atoms with van der Waals surface area (Å²) in [5.41, 5.74) is 0.734. The van der Waals surface area contributed by atoms with E-state index in [-0.39, 0.29) is 29.7 Å². The molecule has 4 unspecified atom stereocenters. The first-order valence-corrected chi connectivity index (χ1v) is 11.6. The number of nitrogens with one attached hydrogen (secondary N) is 2. The molecule has 2 heterocycles. The van der Waals surface area contributed by atoms with E-state index in [1.807, 2.05) is 12.2 Å². The van der Waals surface area contributed by atoms with Gasteiger partial charge in [-0.05, 0) is 30.6 Å². The topological polar surface area (TPSA) is 87.7 Å². The van der Waals surface area contributed by atoms with Crippen LogP contribution in [0.25, 0.3) is 0 Å². The number of carboxylic acids is 1. The number of allylic oxidation sites excluding steroid dienone is 4. The van der Waals surface area contributed by atoms with E-state index in [0.29, 0.717) is 28.8 Å². The van der Waals surface area contributed by atoms with E-state index in [1.54, 1.807) is 7.11 Å². The average molecular weight is 471 g/mol. The molecule has 6 nitrogen and oxygen atoms in total. The predicted molar refractivity (Wildman–Crippen MR) is 118 cm³/mol. The fourth-order valence-corrected chi connectivity index (χ4v) is 6.67. The van der Waals surface area contributed by atoms with Crippen LogP contribution in [0.1, 0.15) is 17.7 Å². The van der Waals surface area contributed by atoms with Crippen LogP contribution in [-0.4, -0.2) is 42.8 Å². The van der Waals surface area contributed by atoms with Gasteiger partial charge in [-0.3, -0.25) is 9.59 Å². The molecule has 1 aromatic heterocycles. The van der Waals surface area contributed by atoms with Gasteiger partial charge in [-0.15, -0.1) is 11.3 Å². The predicted octanol–water partition coefficient (Wildman–Crippen LogP) is 3.99. The number of aliphatic carboxylic acids is 1. The maximum atomic E-state index is 13.1. The maximum Gasteiger partial charge on any atom is 0.306 e. The number of methoxy groups -OCH3 is 1. The van der Waals surface area contributed by atoms with Crippen LogP contribution in [0.15, 0.2) is 24.3 Å². The number of rotatable bonds is 7. The van der Waals surface area contributed by atoms with Gasteiger partial charge in [0.15, 0.2) is 0 Å². The Morgan fingerprint density at radius 2 is 2.13 bits per heavy atom. The number of hydrogen-bond donors (Lipinski definition) is 3. The van der Waals surface area contributed by atoms with Gasteiger partial charge in [0, 0.05) is 31.1 Å². The smallest absolute Gasteiger partial charge is 0.306 e. The Morgan fingerprint density at radius 3 is 2.83 bits per heavy atom. The zero-order valence-corrected chi connectivity index (χ0v) is 18.8. The lowest BCUT2D eigenvalue weighted by Crippen LogP contribution is -2.48. The number of hydrogen-bond acceptors (Lipinski definition) is 5. The largest absolute Gasteiger partial charge is 0.481 e. The van der Waals surface area contributed by atoms with Crippen LogP contribution < -0.4 is 10.6 Å². The highest BCUT2D eigenvalue weighted by Crippen LogP contribution is 2.47. The van der Waals surface area contributed by atoms with E-state index in [2.05, 4.69) is 22.8 Å². The lowest BCUT2D eigenvalue weighted by atomic mass is 9.77. The molecule has 0 spiro atoms. The summed E-state index contributed by atoms with van der Waals surface area (Å²) in [6, 6.07) is -0.657. The van der Waals surface area contributed by atoms with E-state index >= 15 is 0 Å². The highest BCUT2D eigenvalue weighted by atomic mass is 35.5. The van der Waals surface area contributed by atoms with Crippen LogP contribution in [0.3, 0.4) is 0 Å². The third kappa shape index (κ3) is 4.00. The Hall–Kier alpha value is -1.54. The van der Waals surface area contributed by atoms with Crippen LogP contribution >= 0.6 is 34.5 Å². The van der Waals surface area contributed by atoms with Gasteiger partial charge >= 0.3 is 5.97 Å². The Kier molecular flexibility index (Phi) is 6.44. The first-order chi connectivity index (χ1) is 14.4. The van der Waals surface area contributed by atoms with E-state index in [4.69, 9.17) is 27.9 Å². The van der Waals surface area contributed by atoms with Gasteiger partial charge in [-0.2, -0.15) is 0 Å². The standard InChI is InChI=1S/C21H24Cl2N2O4S/c1-29-7-6-12(21(27)28)16-11-5-3-2-4-10(11)8-13(16)25-20(26)14-9-15-18(24-14)17(22)19(23)30-15/h2-5,10-14,16,24H,6-9H2,1H3,(H,25,26)(H,27,28)/t10?,11?,12?,13-,14?,16+/m1/s1. The third-order valence-electron chi connectivity index (χ3n) is 6.38. The molecular formula is C21H24Cl2N2O4S. The molecule has 3 N–H and O–H groups in total. The number of ether oxygens (including phenoxy) is 1. The molecule has 0 radical (unpaired) electrons. The molecule has 0 aromatic carbocycles. The number of carbonyl (C=O) groups is 2. The van der Waals surface area contributed by atoms with Crippen molar-refractivity contribution in [3.63, 3.8) is 0 Å². The number of carbonyl (C=O) groups excluding carboxylic acids is 1. The summed E-state index contributed by atoms with van der Waals surface area (Å²) in [7, 11) is 1.57. The van der Waals surface area contributed by atoms with Crippen LogP contribution in [0.2, 0.25) is 9.36 Å². The van der Waals surface area contributed by atoms with Gasteiger partial charge in [0.2, 0.25) is 5.91 Å². The normalized spacial score (nSPS) is 29.9. The fraction of sp³-hybridized carbons (Fsp3) is 0.524. The minimum Gasteiger partial charge on any atom is -0.481 e. The SMILES string of the molecule is COCCC(C(=O)O)[C@@H]1C2C=CC=CC2C[C@H]1NC(=O)C1Cc2sc(Cl)c(Cl)c2N1. The van der Waals surface area contributed by atoms with Gasteiger partial charge in [0.05, 0.1) is 16.6 Å². The van der Waals surface area contributed by atoms with Gasteiger partial charge < -0.3 is 20.5 Å². The van der Waals surface area contributed by atoms with Crippen molar-refractivity contribution in [3.05, 3.63) is 38.5 Å². The van der Waals surface area contributed by atoms with Crippen molar-refractivity contribution >= 4 is 52.1 Å². The molecule has 0 bridgehead atoms. The van der Waals surface area contributed by atoms with E-state index in [0.717, 1.165) is 17.0 Å². The van der Waals surface area contributed by atoms with Crippen molar-refractivity contribution in [3.8, 4) is 0 Å². The average Bonchev–Trinajstić information content (AvgIpc) is 3.36. The molecule has 1 fully saturated rings.